The molecule has 1 fully saturated rings. The smallest absolute Gasteiger partial charge is 0.330 e. The molecule has 3 N–H and O–H groups in total. The molecule has 2 aromatic heterocycles. The fourth-order valence-electron chi connectivity index (χ4n) is 3.42. The van der Waals surface area contributed by atoms with E-state index in [9.17, 15) is 14.4 Å². The van der Waals surface area contributed by atoms with Crippen molar-refractivity contribution in [1.29, 1.82) is 0 Å². The number of furan rings is 1. The normalized spacial score (nSPS) is 18.4. The maximum atomic E-state index is 13.2. The second-order valence-corrected chi connectivity index (χ2v) is 6.95. The van der Waals surface area contributed by atoms with Gasteiger partial charge in [-0.2, -0.15) is 0 Å². The number of hydrogen-bond acceptors (Lipinski definition) is 5. The van der Waals surface area contributed by atoms with Gasteiger partial charge in [0.05, 0.1) is 6.26 Å². The van der Waals surface area contributed by atoms with E-state index in [2.05, 4.69) is 4.98 Å². The summed E-state index contributed by atoms with van der Waals surface area (Å²) in [6, 6.07) is 3.66. The minimum atomic E-state index is -0.621. The standard InChI is InChI=1S/C19H26N4O4/c1-3-5-9-22(18(25)13-11-12(13)14-7-6-10-27-14)15-16(20)23(8-4-2)19(26)21-17(15)24/h6-7,10,12-13H,3-5,8-9,11,20H2,1-2H3,(H,21,24,26). The summed E-state index contributed by atoms with van der Waals surface area (Å²) in [5.74, 6) is 0.465. The van der Waals surface area contributed by atoms with Crippen molar-refractivity contribution < 1.29 is 9.21 Å². The van der Waals surface area contributed by atoms with Crippen molar-refractivity contribution in [3.05, 3.63) is 45.0 Å². The van der Waals surface area contributed by atoms with Gasteiger partial charge in [-0.15, -0.1) is 0 Å². The van der Waals surface area contributed by atoms with Gasteiger partial charge < -0.3 is 15.1 Å². The van der Waals surface area contributed by atoms with Crippen LogP contribution >= 0.6 is 0 Å². The number of nitrogens with one attached hydrogen (secondary N) is 1. The highest BCUT2D eigenvalue weighted by molar-refractivity contribution is 5.99. The van der Waals surface area contributed by atoms with Gasteiger partial charge in [-0.25, -0.2) is 4.79 Å². The Bertz CT molecular complexity index is 913. The molecule has 0 aromatic carbocycles. The zero-order valence-electron chi connectivity index (χ0n) is 15.7. The Morgan fingerprint density at radius 2 is 2.15 bits per heavy atom. The Hall–Kier alpha value is -2.77. The van der Waals surface area contributed by atoms with Crippen LogP contribution in [0.3, 0.4) is 0 Å². The summed E-state index contributed by atoms with van der Waals surface area (Å²) >= 11 is 0. The molecule has 3 rings (SSSR count). The second-order valence-electron chi connectivity index (χ2n) is 6.95. The second kappa shape index (κ2) is 7.85. The number of anilines is 2. The summed E-state index contributed by atoms with van der Waals surface area (Å²) in [6.45, 7) is 4.68. The van der Waals surface area contributed by atoms with E-state index in [1.165, 1.54) is 9.47 Å². The maximum absolute atomic E-state index is 13.2. The van der Waals surface area contributed by atoms with Crippen LogP contribution in [0, 0.1) is 5.92 Å². The van der Waals surface area contributed by atoms with Gasteiger partial charge in [-0.1, -0.05) is 20.3 Å². The fraction of sp³-hybridized carbons (Fsp3) is 0.526. The molecule has 2 aromatic rings. The highest BCUT2D eigenvalue weighted by Gasteiger charge is 2.48. The van der Waals surface area contributed by atoms with E-state index in [1.54, 1.807) is 12.3 Å². The molecule has 2 atom stereocenters. The fourth-order valence-corrected chi connectivity index (χ4v) is 3.42. The molecular weight excluding hydrogens is 348 g/mol. The van der Waals surface area contributed by atoms with Gasteiger partial charge in [-0.05, 0) is 31.4 Å². The van der Waals surface area contributed by atoms with Crippen molar-refractivity contribution in [2.45, 2.75) is 52.0 Å². The van der Waals surface area contributed by atoms with E-state index < -0.39 is 11.2 Å². The average molecular weight is 374 g/mol. The number of nitrogens with zero attached hydrogens (tertiary/aromatic N) is 2. The Balaban J connectivity index is 1.96. The van der Waals surface area contributed by atoms with Crippen LogP contribution in [0.1, 0.15) is 51.2 Å². The van der Waals surface area contributed by atoms with E-state index in [0.29, 0.717) is 25.9 Å². The van der Waals surface area contributed by atoms with Crippen molar-refractivity contribution in [1.82, 2.24) is 9.55 Å². The van der Waals surface area contributed by atoms with Gasteiger partial charge >= 0.3 is 5.69 Å². The summed E-state index contributed by atoms with van der Waals surface area (Å²) in [4.78, 5) is 41.5. The Labute approximate surface area is 157 Å². The number of nitrogens with two attached hydrogens (primary N) is 1. The van der Waals surface area contributed by atoms with Crippen molar-refractivity contribution in [3.8, 4) is 0 Å². The average Bonchev–Trinajstić information content (AvgIpc) is 3.25. The van der Waals surface area contributed by atoms with Crippen LogP contribution in [0.25, 0.3) is 0 Å². The number of H-pyrrole nitrogens is 1. The van der Waals surface area contributed by atoms with E-state index in [1.807, 2.05) is 19.9 Å². The lowest BCUT2D eigenvalue weighted by Gasteiger charge is -2.24. The third kappa shape index (κ3) is 3.70. The van der Waals surface area contributed by atoms with Crippen LogP contribution in [-0.4, -0.2) is 22.0 Å². The minimum absolute atomic E-state index is 0.0264. The van der Waals surface area contributed by atoms with Crippen LogP contribution in [-0.2, 0) is 11.3 Å². The number of aromatic nitrogens is 2. The van der Waals surface area contributed by atoms with Gasteiger partial charge in [0.15, 0.2) is 5.69 Å². The molecule has 2 unspecified atom stereocenters. The zero-order valence-corrected chi connectivity index (χ0v) is 15.7. The predicted octanol–water partition coefficient (Wildman–Crippen LogP) is 2.06. The third-order valence-corrected chi connectivity index (χ3v) is 4.95. The maximum Gasteiger partial charge on any atom is 0.330 e. The summed E-state index contributed by atoms with van der Waals surface area (Å²) in [5, 5.41) is 0. The summed E-state index contributed by atoms with van der Waals surface area (Å²) in [6.07, 6.45) is 4.55. The highest BCUT2D eigenvalue weighted by atomic mass is 16.3. The first-order valence-electron chi connectivity index (χ1n) is 9.46. The summed E-state index contributed by atoms with van der Waals surface area (Å²) in [7, 11) is 0. The van der Waals surface area contributed by atoms with Gasteiger partial charge in [0, 0.05) is 24.9 Å². The lowest BCUT2D eigenvalue weighted by Crippen LogP contribution is -2.42. The number of hydrogen-bond donors (Lipinski definition) is 2. The number of carbonyl (C=O) groups is 1. The van der Waals surface area contributed by atoms with Gasteiger partial charge in [0.25, 0.3) is 5.56 Å². The molecule has 0 aliphatic heterocycles. The topological polar surface area (TPSA) is 114 Å². The van der Waals surface area contributed by atoms with E-state index in [4.69, 9.17) is 10.2 Å². The molecular formula is C19H26N4O4. The van der Waals surface area contributed by atoms with Gasteiger partial charge in [0.1, 0.15) is 11.6 Å². The van der Waals surface area contributed by atoms with Crippen LogP contribution < -0.4 is 21.9 Å². The van der Waals surface area contributed by atoms with Crippen molar-refractivity contribution in [2.24, 2.45) is 5.92 Å². The largest absolute Gasteiger partial charge is 0.469 e. The molecule has 1 saturated carbocycles. The number of rotatable bonds is 8. The van der Waals surface area contributed by atoms with Gasteiger partial charge in [-0.3, -0.25) is 19.1 Å². The number of carbonyl (C=O) groups excluding carboxylic acids is 1. The molecule has 1 aliphatic carbocycles. The molecule has 8 heteroatoms. The Morgan fingerprint density at radius 1 is 1.37 bits per heavy atom. The predicted molar refractivity (Wildman–Crippen MR) is 103 cm³/mol. The third-order valence-electron chi connectivity index (χ3n) is 4.95. The van der Waals surface area contributed by atoms with E-state index in [-0.39, 0.29) is 29.2 Å². The lowest BCUT2D eigenvalue weighted by molar-refractivity contribution is -0.120. The molecule has 0 radical (unpaired) electrons. The van der Waals surface area contributed by atoms with Crippen LogP contribution in [0.5, 0.6) is 0 Å². The molecule has 146 valence electrons. The molecule has 8 nitrogen and oxygen atoms in total. The Kier molecular flexibility index (Phi) is 5.53. The van der Waals surface area contributed by atoms with Crippen LogP contribution in [0.2, 0.25) is 0 Å². The zero-order chi connectivity index (χ0) is 19.6. The van der Waals surface area contributed by atoms with Crippen LogP contribution in [0.4, 0.5) is 11.5 Å². The number of aromatic amines is 1. The quantitative estimate of drug-likeness (QED) is 0.734. The van der Waals surface area contributed by atoms with Crippen molar-refractivity contribution in [3.63, 3.8) is 0 Å². The van der Waals surface area contributed by atoms with Crippen molar-refractivity contribution in [2.75, 3.05) is 17.2 Å². The number of amides is 1. The molecule has 27 heavy (non-hydrogen) atoms. The number of nitrogen functional groups attached to an aromatic ring is 1. The van der Waals surface area contributed by atoms with Gasteiger partial charge in [0.2, 0.25) is 5.91 Å². The first kappa shape index (κ1) is 19.0. The number of unbranched alkanes of at least 4 members (excludes halogenated alkanes) is 1. The lowest BCUT2D eigenvalue weighted by atomic mass is 10.2. The summed E-state index contributed by atoms with van der Waals surface area (Å²) in [5.41, 5.74) is 5.07. The van der Waals surface area contributed by atoms with Crippen molar-refractivity contribution >= 4 is 17.4 Å². The van der Waals surface area contributed by atoms with E-state index in [0.717, 1.165) is 18.6 Å². The first-order valence-corrected chi connectivity index (χ1v) is 9.46. The molecule has 0 saturated heterocycles. The SMILES string of the molecule is CCCCN(C(=O)C1CC1c1ccco1)c1c(N)n(CCC)c(=O)[nH]c1=O. The Morgan fingerprint density at radius 3 is 2.78 bits per heavy atom. The first-order chi connectivity index (χ1) is 13.0. The van der Waals surface area contributed by atoms with E-state index >= 15 is 0 Å². The molecule has 0 spiro atoms. The minimum Gasteiger partial charge on any atom is -0.469 e. The molecule has 1 amide bonds. The summed E-state index contributed by atoms with van der Waals surface area (Å²) < 4.78 is 6.73. The molecule has 2 heterocycles. The molecule has 0 bridgehead atoms. The molecule has 1 aliphatic rings. The van der Waals surface area contributed by atoms with Crippen LogP contribution in [0.15, 0.2) is 32.4 Å². The monoisotopic (exact) mass is 374 g/mol. The highest BCUT2D eigenvalue weighted by Crippen LogP contribution is 2.49.